The van der Waals surface area contributed by atoms with Crippen LogP contribution >= 0.6 is 0 Å². The van der Waals surface area contributed by atoms with Gasteiger partial charge in [-0.15, -0.1) is 0 Å². The van der Waals surface area contributed by atoms with Gasteiger partial charge in [-0.2, -0.15) is 0 Å². The Morgan fingerprint density at radius 1 is 1.41 bits per heavy atom. The van der Waals surface area contributed by atoms with Crippen molar-refractivity contribution in [1.29, 1.82) is 0 Å². The number of aromatic nitrogens is 1. The lowest BCUT2D eigenvalue weighted by atomic mass is 9.92. The molecule has 94 valence electrons. The maximum Gasteiger partial charge on any atom is 0.137 e. The second-order valence-corrected chi connectivity index (χ2v) is 5.67. The Bertz CT molecular complexity index is 347. The molecule has 17 heavy (non-hydrogen) atoms. The van der Waals surface area contributed by atoms with Crippen molar-refractivity contribution in [3.05, 3.63) is 24.0 Å². The molecule has 0 saturated carbocycles. The highest BCUT2D eigenvalue weighted by molar-refractivity contribution is 5.23. The van der Waals surface area contributed by atoms with E-state index in [9.17, 15) is 0 Å². The number of ether oxygens (including phenoxy) is 2. The molecule has 0 aliphatic carbocycles. The summed E-state index contributed by atoms with van der Waals surface area (Å²) in [4.78, 5) is 4.44. The van der Waals surface area contributed by atoms with Crippen LogP contribution in [0.5, 0.6) is 5.75 Å². The van der Waals surface area contributed by atoms with Gasteiger partial charge < -0.3 is 9.47 Å². The minimum Gasteiger partial charge on any atom is -0.492 e. The largest absolute Gasteiger partial charge is 0.492 e. The van der Waals surface area contributed by atoms with Crippen LogP contribution in [0.2, 0.25) is 0 Å². The fourth-order valence-electron chi connectivity index (χ4n) is 1.84. The Morgan fingerprint density at radius 3 is 2.76 bits per heavy atom. The molecule has 2 heterocycles. The van der Waals surface area contributed by atoms with Crippen molar-refractivity contribution in [3.63, 3.8) is 0 Å². The van der Waals surface area contributed by atoms with Crippen LogP contribution in [0.1, 0.15) is 32.9 Å². The van der Waals surface area contributed by atoms with Crippen molar-refractivity contribution in [3.8, 4) is 5.75 Å². The first-order valence-corrected chi connectivity index (χ1v) is 6.23. The van der Waals surface area contributed by atoms with E-state index in [2.05, 4.69) is 25.8 Å². The van der Waals surface area contributed by atoms with Gasteiger partial charge in [0.2, 0.25) is 0 Å². The Morgan fingerprint density at radius 2 is 2.24 bits per heavy atom. The Balaban J connectivity index is 1.89. The molecule has 1 fully saturated rings. The highest BCUT2D eigenvalue weighted by atomic mass is 16.5. The predicted molar refractivity (Wildman–Crippen MR) is 67.4 cm³/mol. The summed E-state index contributed by atoms with van der Waals surface area (Å²) in [7, 11) is 0. The van der Waals surface area contributed by atoms with Crippen molar-refractivity contribution in [2.45, 2.75) is 32.6 Å². The number of hydrogen-bond acceptors (Lipinski definition) is 3. The number of hydrogen-bond donors (Lipinski definition) is 0. The molecule has 0 spiro atoms. The van der Waals surface area contributed by atoms with Crippen molar-refractivity contribution in [2.24, 2.45) is 5.92 Å². The molecular weight excluding hydrogens is 214 g/mol. The van der Waals surface area contributed by atoms with Gasteiger partial charge in [0, 0.05) is 23.6 Å². The summed E-state index contributed by atoms with van der Waals surface area (Å²) < 4.78 is 11.0. The molecule has 1 saturated heterocycles. The van der Waals surface area contributed by atoms with Crippen molar-refractivity contribution < 1.29 is 9.47 Å². The summed E-state index contributed by atoms with van der Waals surface area (Å²) in [6.45, 7) is 8.91. The normalized spacial score (nSPS) is 20.5. The first kappa shape index (κ1) is 12.4. The van der Waals surface area contributed by atoms with Crippen LogP contribution in [-0.4, -0.2) is 24.8 Å². The van der Waals surface area contributed by atoms with E-state index < -0.39 is 0 Å². The molecule has 2 rings (SSSR count). The topological polar surface area (TPSA) is 31.4 Å². The molecule has 1 unspecified atom stereocenters. The van der Waals surface area contributed by atoms with Crippen LogP contribution in [0.15, 0.2) is 18.3 Å². The smallest absolute Gasteiger partial charge is 0.137 e. The first-order chi connectivity index (χ1) is 8.05. The fourth-order valence-corrected chi connectivity index (χ4v) is 1.84. The van der Waals surface area contributed by atoms with Crippen LogP contribution in [0, 0.1) is 5.92 Å². The summed E-state index contributed by atoms with van der Waals surface area (Å²) in [6, 6.07) is 4.05. The standard InChI is InChI=1S/C14H21NO2/c1-14(2,3)13-5-4-12(8-15-13)17-10-11-6-7-16-9-11/h4-5,8,11H,6-7,9-10H2,1-3H3. The Kier molecular flexibility index (Phi) is 3.67. The summed E-state index contributed by atoms with van der Waals surface area (Å²) in [5.41, 5.74) is 1.19. The summed E-state index contributed by atoms with van der Waals surface area (Å²) in [5, 5.41) is 0. The monoisotopic (exact) mass is 235 g/mol. The minimum absolute atomic E-state index is 0.0951. The van der Waals surface area contributed by atoms with E-state index in [0.29, 0.717) is 5.92 Å². The summed E-state index contributed by atoms with van der Waals surface area (Å²) in [6.07, 6.45) is 2.92. The van der Waals surface area contributed by atoms with Crippen LogP contribution < -0.4 is 4.74 Å². The van der Waals surface area contributed by atoms with E-state index in [4.69, 9.17) is 9.47 Å². The lowest BCUT2D eigenvalue weighted by Gasteiger charge is -2.18. The Labute approximate surface area is 103 Å². The van der Waals surface area contributed by atoms with E-state index in [-0.39, 0.29) is 5.41 Å². The van der Waals surface area contributed by atoms with Gasteiger partial charge in [-0.3, -0.25) is 4.98 Å². The zero-order valence-electron chi connectivity index (χ0n) is 10.9. The van der Waals surface area contributed by atoms with E-state index in [1.54, 1.807) is 0 Å². The van der Waals surface area contributed by atoms with Gasteiger partial charge in [-0.1, -0.05) is 20.8 Å². The highest BCUT2D eigenvalue weighted by Gasteiger charge is 2.17. The first-order valence-electron chi connectivity index (χ1n) is 6.23. The minimum atomic E-state index is 0.0951. The molecule has 1 atom stereocenters. The lowest BCUT2D eigenvalue weighted by molar-refractivity contribution is 0.167. The molecule has 1 aliphatic heterocycles. The molecule has 0 bridgehead atoms. The molecule has 3 heteroatoms. The molecule has 0 radical (unpaired) electrons. The zero-order chi connectivity index (χ0) is 12.3. The molecular formula is C14H21NO2. The van der Waals surface area contributed by atoms with Gasteiger partial charge in [-0.05, 0) is 18.6 Å². The van der Waals surface area contributed by atoms with Gasteiger partial charge in [0.1, 0.15) is 5.75 Å². The third-order valence-electron chi connectivity index (χ3n) is 3.01. The van der Waals surface area contributed by atoms with Gasteiger partial charge in [0.25, 0.3) is 0 Å². The van der Waals surface area contributed by atoms with Crippen LogP contribution in [-0.2, 0) is 10.2 Å². The molecule has 1 aliphatic rings. The fraction of sp³-hybridized carbons (Fsp3) is 0.643. The van der Waals surface area contributed by atoms with Gasteiger partial charge >= 0.3 is 0 Å². The number of rotatable bonds is 3. The number of pyridine rings is 1. The quantitative estimate of drug-likeness (QED) is 0.807. The maximum absolute atomic E-state index is 5.72. The third-order valence-corrected chi connectivity index (χ3v) is 3.01. The third kappa shape index (κ3) is 3.43. The van der Waals surface area contributed by atoms with E-state index in [1.807, 2.05) is 18.3 Å². The van der Waals surface area contributed by atoms with Crippen molar-refractivity contribution in [1.82, 2.24) is 4.98 Å². The lowest BCUT2D eigenvalue weighted by Crippen LogP contribution is -2.14. The average Bonchev–Trinajstić information content (AvgIpc) is 2.78. The van der Waals surface area contributed by atoms with Gasteiger partial charge in [0.05, 0.1) is 19.4 Å². The second-order valence-electron chi connectivity index (χ2n) is 5.67. The van der Waals surface area contributed by atoms with Crippen molar-refractivity contribution in [2.75, 3.05) is 19.8 Å². The highest BCUT2D eigenvalue weighted by Crippen LogP contribution is 2.22. The predicted octanol–water partition coefficient (Wildman–Crippen LogP) is 2.79. The molecule has 3 nitrogen and oxygen atoms in total. The maximum atomic E-state index is 5.72. The number of nitrogens with zero attached hydrogens (tertiary/aromatic N) is 1. The van der Waals surface area contributed by atoms with Gasteiger partial charge in [-0.25, -0.2) is 0 Å². The second kappa shape index (κ2) is 5.05. The van der Waals surface area contributed by atoms with E-state index >= 15 is 0 Å². The molecule has 1 aromatic rings. The van der Waals surface area contributed by atoms with Crippen molar-refractivity contribution >= 4 is 0 Å². The van der Waals surface area contributed by atoms with E-state index in [0.717, 1.165) is 37.7 Å². The summed E-state index contributed by atoms with van der Waals surface area (Å²) in [5.74, 6) is 1.39. The Hall–Kier alpha value is -1.09. The van der Waals surface area contributed by atoms with Crippen LogP contribution in [0.25, 0.3) is 0 Å². The average molecular weight is 235 g/mol. The summed E-state index contributed by atoms with van der Waals surface area (Å²) >= 11 is 0. The van der Waals surface area contributed by atoms with Crippen LogP contribution in [0.4, 0.5) is 0 Å². The van der Waals surface area contributed by atoms with Crippen LogP contribution in [0.3, 0.4) is 0 Å². The molecule has 0 N–H and O–H groups in total. The molecule has 0 aromatic carbocycles. The zero-order valence-corrected chi connectivity index (χ0v) is 10.9. The molecule has 0 amide bonds. The molecule has 1 aromatic heterocycles. The van der Waals surface area contributed by atoms with Gasteiger partial charge in [0.15, 0.2) is 0 Å². The van der Waals surface area contributed by atoms with E-state index in [1.165, 1.54) is 0 Å². The SMILES string of the molecule is CC(C)(C)c1ccc(OCC2CCOC2)cn1.